The third-order valence-corrected chi connectivity index (χ3v) is 2.36. The molecule has 0 bridgehead atoms. The van der Waals surface area contributed by atoms with Crippen LogP contribution in [0.5, 0.6) is 0 Å². The van der Waals surface area contributed by atoms with Crippen molar-refractivity contribution in [2.24, 2.45) is 5.73 Å². The minimum absolute atomic E-state index is 0.259. The highest BCUT2D eigenvalue weighted by Gasteiger charge is 2.05. The summed E-state index contributed by atoms with van der Waals surface area (Å²) in [5.41, 5.74) is 5.33. The molecule has 0 aliphatic heterocycles. The van der Waals surface area contributed by atoms with Gasteiger partial charge in [0.05, 0.1) is 5.78 Å². The number of hydrogen-bond donors (Lipinski definition) is 1. The lowest BCUT2D eigenvalue weighted by molar-refractivity contribution is 0.404. The van der Waals surface area contributed by atoms with Crippen LogP contribution in [-0.2, 0) is 9.09 Å². The van der Waals surface area contributed by atoms with Crippen LogP contribution in [0.3, 0.4) is 0 Å². The lowest BCUT2D eigenvalue weighted by Gasteiger charge is -2.04. The largest absolute Gasteiger partial charge is 0.333 e. The molecule has 0 saturated carbocycles. The molecule has 0 heterocycles. The SMILES string of the molecule is CCC(N)[PH](=O)OC. The van der Waals surface area contributed by atoms with Gasteiger partial charge in [0.2, 0.25) is 8.03 Å². The van der Waals surface area contributed by atoms with Gasteiger partial charge >= 0.3 is 0 Å². The van der Waals surface area contributed by atoms with Crippen LogP contribution in [0.2, 0.25) is 0 Å². The number of rotatable bonds is 3. The average Bonchev–Trinajstić information content (AvgIpc) is 1.84. The smallest absolute Gasteiger partial charge is 0.207 e. The molecule has 0 aliphatic carbocycles. The van der Waals surface area contributed by atoms with Gasteiger partial charge in [0.25, 0.3) is 0 Å². The maximum Gasteiger partial charge on any atom is 0.207 e. The third-order valence-electron chi connectivity index (χ3n) is 0.944. The van der Waals surface area contributed by atoms with Crippen molar-refractivity contribution >= 4 is 8.03 Å². The molecule has 0 spiro atoms. The van der Waals surface area contributed by atoms with Crippen molar-refractivity contribution < 1.29 is 9.09 Å². The Kier molecular flexibility index (Phi) is 4.15. The normalized spacial score (nSPS) is 17.9. The fourth-order valence-electron chi connectivity index (χ4n) is 0.318. The van der Waals surface area contributed by atoms with Crippen molar-refractivity contribution in [3.05, 3.63) is 0 Å². The van der Waals surface area contributed by atoms with Crippen LogP contribution in [0.15, 0.2) is 0 Å². The molecular weight excluding hydrogens is 125 g/mol. The topological polar surface area (TPSA) is 52.3 Å². The summed E-state index contributed by atoms with van der Waals surface area (Å²) in [5.74, 6) is -0.259. The van der Waals surface area contributed by atoms with Crippen LogP contribution in [0.25, 0.3) is 0 Å². The predicted octanol–water partition coefficient (Wildman–Crippen LogP) is 0.802. The zero-order chi connectivity index (χ0) is 6.57. The molecule has 0 fully saturated rings. The van der Waals surface area contributed by atoms with Crippen molar-refractivity contribution in [3.8, 4) is 0 Å². The molecule has 0 radical (unpaired) electrons. The van der Waals surface area contributed by atoms with E-state index < -0.39 is 8.03 Å². The van der Waals surface area contributed by atoms with E-state index in [0.717, 1.165) is 0 Å². The monoisotopic (exact) mass is 137 g/mol. The first kappa shape index (κ1) is 8.15. The lowest BCUT2D eigenvalue weighted by Crippen LogP contribution is -2.13. The highest BCUT2D eigenvalue weighted by Crippen LogP contribution is 2.25. The number of hydrogen-bond acceptors (Lipinski definition) is 3. The first-order chi connectivity index (χ1) is 3.72. The molecule has 0 aromatic rings. The van der Waals surface area contributed by atoms with Crippen LogP contribution < -0.4 is 5.73 Å². The molecule has 4 heteroatoms. The van der Waals surface area contributed by atoms with E-state index in [9.17, 15) is 4.57 Å². The maximum absolute atomic E-state index is 10.6. The standard InChI is InChI=1S/C4H12NO2P/c1-3-4(5)8(6)7-2/h4,8H,3,5H2,1-2H3. The molecule has 50 valence electrons. The van der Waals surface area contributed by atoms with E-state index in [1.807, 2.05) is 6.92 Å². The van der Waals surface area contributed by atoms with E-state index in [-0.39, 0.29) is 5.78 Å². The van der Waals surface area contributed by atoms with Gasteiger partial charge in [-0.2, -0.15) is 0 Å². The van der Waals surface area contributed by atoms with Gasteiger partial charge < -0.3 is 10.3 Å². The Morgan fingerprint density at radius 3 is 2.50 bits per heavy atom. The van der Waals surface area contributed by atoms with Crippen LogP contribution >= 0.6 is 8.03 Å². The van der Waals surface area contributed by atoms with E-state index in [0.29, 0.717) is 6.42 Å². The first-order valence-corrected chi connectivity index (χ1v) is 3.95. The van der Waals surface area contributed by atoms with E-state index >= 15 is 0 Å². The summed E-state index contributed by atoms with van der Waals surface area (Å²) in [5, 5.41) is 0. The Balaban J connectivity index is 3.46. The average molecular weight is 137 g/mol. The Morgan fingerprint density at radius 1 is 1.88 bits per heavy atom. The summed E-state index contributed by atoms with van der Waals surface area (Å²) < 4.78 is 15.1. The van der Waals surface area contributed by atoms with Gasteiger partial charge in [-0.15, -0.1) is 0 Å². The Hall–Kier alpha value is 0.150. The minimum Gasteiger partial charge on any atom is -0.333 e. The third kappa shape index (κ3) is 2.46. The van der Waals surface area contributed by atoms with Crippen LogP contribution in [0.1, 0.15) is 13.3 Å². The van der Waals surface area contributed by atoms with Gasteiger partial charge in [-0.05, 0) is 6.42 Å². The van der Waals surface area contributed by atoms with Gasteiger partial charge in [0, 0.05) is 7.11 Å². The van der Waals surface area contributed by atoms with Gasteiger partial charge in [0.15, 0.2) is 0 Å². The molecule has 8 heavy (non-hydrogen) atoms. The summed E-state index contributed by atoms with van der Waals surface area (Å²) in [6.07, 6.45) is 0.714. The first-order valence-electron chi connectivity index (χ1n) is 2.55. The van der Waals surface area contributed by atoms with E-state index in [1.165, 1.54) is 7.11 Å². The minimum atomic E-state index is -1.93. The molecule has 0 aliphatic rings. The van der Waals surface area contributed by atoms with Crippen LogP contribution in [0, 0.1) is 0 Å². The highest BCUT2D eigenvalue weighted by atomic mass is 31.1. The zero-order valence-corrected chi connectivity index (χ0v) is 6.18. The van der Waals surface area contributed by atoms with E-state index in [1.54, 1.807) is 0 Å². The van der Waals surface area contributed by atoms with Gasteiger partial charge in [-0.1, -0.05) is 6.92 Å². The van der Waals surface area contributed by atoms with Crippen molar-refractivity contribution in [3.63, 3.8) is 0 Å². The van der Waals surface area contributed by atoms with E-state index in [4.69, 9.17) is 5.73 Å². The van der Waals surface area contributed by atoms with Crippen LogP contribution in [-0.4, -0.2) is 12.9 Å². The summed E-state index contributed by atoms with van der Waals surface area (Å²) >= 11 is 0. The van der Waals surface area contributed by atoms with Gasteiger partial charge in [-0.3, -0.25) is 4.57 Å². The van der Waals surface area contributed by atoms with Crippen molar-refractivity contribution in [2.45, 2.75) is 19.1 Å². The molecule has 2 N–H and O–H groups in total. The second-order valence-corrected chi connectivity index (χ2v) is 3.33. The second-order valence-electron chi connectivity index (χ2n) is 1.54. The molecule has 0 rings (SSSR count). The molecule has 0 aromatic heterocycles. The fraction of sp³-hybridized carbons (Fsp3) is 1.00. The molecule has 2 atom stereocenters. The fourth-order valence-corrected chi connectivity index (χ4v) is 0.954. The van der Waals surface area contributed by atoms with Gasteiger partial charge in [0.1, 0.15) is 0 Å². The number of nitrogens with two attached hydrogens (primary N) is 1. The molecule has 2 unspecified atom stereocenters. The molecule has 3 nitrogen and oxygen atoms in total. The summed E-state index contributed by atoms with van der Waals surface area (Å²) in [7, 11) is -0.516. The summed E-state index contributed by atoms with van der Waals surface area (Å²) in [6, 6.07) is 0. The predicted molar refractivity (Wildman–Crippen MR) is 34.3 cm³/mol. The second kappa shape index (κ2) is 4.07. The molecule has 0 aromatic carbocycles. The van der Waals surface area contributed by atoms with Crippen molar-refractivity contribution in [1.82, 2.24) is 0 Å². The van der Waals surface area contributed by atoms with Crippen LogP contribution in [0.4, 0.5) is 0 Å². The molecule has 0 amide bonds. The summed E-state index contributed by atoms with van der Waals surface area (Å²) in [6.45, 7) is 1.88. The molecular formula is C4H12NO2P. The quantitative estimate of drug-likeness (QED) is 0.585. The Bertz CT molecular complexity index is 86.1. The zero-order valence-electron chi connectivity index (χ0n) is 5.18. The van der Waals surface area contributed by atoms with Crippen molar-refractivity contribution in [2.75, 3.05) is 7.11 Å². The lowest BCUT2D eigenvalue weighted by atomic mass is 10.5. The van der Waals surface area contributed by atoms with Gasteiger partial charge in [-0.25, -0.2) is 0 Å². The van der Waals surface area contributed by atoms with E-state index in [2.05, 4.69) is 4.52 Å². The molecule has 0 saturated heterocycles. The Morgan fingerprint density at radius 2 is 2.38 bits per heavy atom. The highest BCUT2D eigenvalue weighted by molar-refractivity contribution is 7.39. The Labute approximate surface area is 50.1 Å². The summed E-state index contributed by atoms with van der Waals surface area (Å²) in [4.78, 5) is 0. The van der Waals surface area contributed by atoms with Crippen molar-refractivity contribution in [1.29, 1.82) is 0 Å². The maximum atomic E-state index is 10.6.